The van der Waals surface area contributed by atoms with Gasteiger partial charge in [-0.3, -0.25) is 4.79 Å². The molecule has 0 aromatic carbocycles. The van der Waals surface area contributed by atoms with Gasteiger partial charge in [-0.1, -0.05) is 20.4 Å². The van der Waals surface area contributed by atoms with Crippen LogP contribution in [0.2, 0.25) is 0 Å². The topological polar surface area (TPSA) is 20.3 Å². The van der Waals surface area contributed by atoms with Gasteiger partial charge in [0.05, 0.1) is 0 Å². The number of likely N-dealkylation sites (tertiary alicyclic amines) is 1. The summed E-state index contributed by atoms with van der Waals surface area (Å²) in [4.78, 5) is 13.6. The molecule has 0 saturated carbocycles. The molecule has 0 bridgehead atoms. The van der Waals surface area contributed by atoms with Crippen molar-refractivity contribution in [2.75, 3.05) is 18.8 Å². The standard InChI is InChI=1S/C11H19NOS/c1-9(8-14)7-12-5-4-11(2,3)6-10(12)13/h14H,1,4-8H2,2-3H3. The van der Waals surface area contributed by atoms with Crippen LogP contribution in [-0.4, -0.2) is 29.6 Å². The van der Waals surface area contributed by atoms with Crippen LogP contribution < -0.4 is 0 Å². The van der Waals surface area contributed by atoms with E-state index in [1.807, 2.05) is 4.90 Å². The average molecular weight is 213 g/mol. The van der Waals surface area contributed by atoms with E-state index >= 15 is 0 Å². The smallest absolute Gasteiger partial charge is 0.223 e. The van der Waals surface area contributed by atoms with Gasteiger partial charge in [-0.25, -0.2) is 0 Å². The Bertz CT molecular complexity index is 248. The lowest BCUT2D eigenvalue weighted by Gasteiger charge is -2.36. The molecule has 1 aliphatic heterocycles. The molecule has 0 aromatic heterocycles. The molecule has 0 N–H and O–H groups in total. The molecular weight excluding hydrogens is 194 g/mol. The highest BCUT2D eigenvalue weighted by molar-refractivity contribution is 7.80. The van der Waals surface area contributed by atoms with Gasteiger partial charge in [0.2, 0.25) is 5.91 Å². The Morgan fingerprint density at radius 2 is 2.29 bits per heavy atom. The number of carbonyl (C=O) groups excluding carboxylic acids is 1. The fourth-order valence-corrected chi connectivity index (χ4v) is 1.76. The van der Waals surface area contributed by atoms with Crippen LogP contribution in [-0.2, 0) is 4.79 Å². The van der Waals surface area contributed by atoms with Crippen molar-refractivity contribution < 1.29 is 4.79 Å². The van der Waals surface area contributed by atoms with Gasteiger partial charge >= 0.3 is 0 Å². The first-order valence-corrected chi connectivity index (χ1v) is 5.63. The molecule has 0 unspecified atom stereocenters. The summed E-state index contributed by atoms with van der Waals surface area (Å²) >= 11 is 4.14. The van der Waals surface area contributed by atoms with E-state index in [2.05, 4.69) is 33.1 Å². The highest BCUT2D eigenvalue weighted by Gasteiger charge is 2.30. The number of piperidine rings is 1. The first-order valence-electron chi connectivity index (χ1n) is 5.00. The lowest BCUT2D eigenvalue weighted by Crippen LogP contribution is -2.42. The van der Waals surface area contributed by atoms with E-state index in [4.69, 9.17) is 0 Å². The highest BCUT2D eigenvalue weighted by atomic mass is 32.1. The van der Waals surface area contributed by atoms with Crippen LogP contribution in [0.1, 0.15) is 26.7 Å². The number of hydrogen-bond acceptors (Lipinski definition) is 2. The van der Waals surface area contributed by atoms with Crippen molar-refractivity contribution in [1.29, 1.82) is 0 Å². The minimum absolute atomic E-state index is 0.176. The van der Waals surface area contributed by atoms with Gasteiger partial charge in [0.25, 0.3) is 0 Å². The molecule has 1 rings (SSSR count). The number of hydrogen-bond donors (Lipinski definition) is 1. The van der Waals surface area contributed by atoms with Gasteiger partial charge in [-0.15, -0.1) is 0 Å². The number of carbonyl (C=O) groups is 1. The second-order valence-electron chi connectivity index (χ2n) is 4.81. The number of thiol groups is 1. The number of rotatable bonds is 3. The third-order valence-corrected chi connectivity index (χ3v) is 3.13. The molecule has 2 nitrogen and oxygen atoms in total. The molecule has 0 atom stereocenters. The molecule has 14 heavy (non-hydrogen) atoms. The van der Waals surface area contributed by atoms with Gasteiger partial charge < -0.3 is 4.90 Å². The maximum absolute atomic E-state index is 11.7. The van der Waals surface area contributed by atoms with Crippen LogP contribution in [0.5, 0.6) is 0 Å². The van der Waals surface area contributed by atoms with Crippen molar-refractivity contribution in [2.24, 2.45) is 5.41 Å². The predicted molar refractivity (Wildman–Crippen MR) is 62.6 cm³/mol. The zero-order valence-electron chi connectivity index (χ0n) is 9.05. The molecule has 1 saturated heterocycles. The largest absolute Gasteiger partial charge is 0.339 e. The Balaban J connectivity index is 2.50. The Morgan fingerprint density at radius 1 is 1.64 bits per heavy atom. The lowest BCUT2D eigenvalue weighted by atomic mass is 9.82. The highest BCUT2D eigenvalue weighted by Crippen LogP contribution is 2.30. The Kier molecular flexibility index (Phi) is 3.65. The van der Waals surface area contributed by atoms with E-state index in [0.29, 0.717) is 18.7 Å². The van der Waals surface area contributed by atoms with Crippen LogP contribution in [0.3, 0.4) is 0 Å². The van der Waals surface area contributed by atoms with Gasteiger partial charge in [0.1, 0.15) is 0 Å². The van der Waals surface area contributed by atoms with Crippen LogP contribution in [0.4, 0.5) is 0 Å². The monoisotopic (exact) mass is 213 g/mol. The van der Waals surface area contributed by atoms with Crippen LogP contribution in [0, 0.1) is 5.41 Å². The van der Waals surface area contributed by atoms with E-state index in [9.17, 15) is 4.79 Å². The quantitative estimate of drug-likeness (QED) is 0.562. The Hall–Kier alpha value is -0.440. The summed E-state index contributed by atoms with van der Waals surface area (Å²) in [5, 5.41) is 0. The predicted octanol–water partition coefficient (Wildman–Crippen LogP) is 2.12. The Labute approximate surface area is 91.8 Å². The van der Waals surface area contributed by atoms with Crippen molar-refractivity contribution in [2.45, 2.75) is 26.7 Å². The van der Waals surface area contributed by atoms with E-state index in [0.717, 1.165) is 18.5 Å². The Morgan fingerprint density at radius 3 is 2.79 bits per heavy atom. The molecule has 1 heterocycles. The third kappa shape index (κ3) is 3.05. The summed E-state index contributed by atoms with van der Waals surface area (Å²) in [7, 11) is 0. The second-order valence-corrected chi connectivity index (χ2v) is 5.13. The molecule has 3 heteroatoms. The van der Waals surface area contributed by atoms with Crippen LogP contribution >= 0.6 is 12.6 Å². The van der Waals surface area contributed by atoms with E-state index in [1.165, 1.54) is 0 Å². The van der Waals surface area contributed by atoms with Crippen LogP contribution in [0.25, 0.3) is 0 Å². The van der Waals surface area contributed by atoms with Gasteiger partial charge in [0.15, 0.2) is 0 Å². The summed E-state index contributed by atoms with van der Waals surface area (Å²) < 4.78 is 0. The first-order chi connectivity index (χ1) is 6.44. The van der Waals surface area contributed by atoms with Crippen molar-refractivity contribution in [3.05, 3.63) is 12.2 Å². The number of nitrogens with zero attached hydrogens (tertiary/aromatic N) is 1. The fourth-order valence-electron chi connectivity index (χ4n) is 1.66. The fraction of sp³-hybridized carbons (Fsp3) is 0.727. The maximum Gasteiger partial charge on any atom is 0.223 e. The number of amides is 1. The van der Waals surface area contributed by atoms with Crippen LogP contribution in [0.15, 0.2) is 12.2 Å². The van der Waals surface area contributed by atoms with E-state index in [-0.39, 0.29) is 11.3 Å². The SMILES string of the molecule is C=C(CS)CN1CCC(C)(C)CC1=O. The lowest BCUT2D eigenvalue weighted by molar-refractivity contribution is -0.136. The zero-order valence-corrected chi connectivity index (χ0v) is 9.94. The van der Waals surface area contributed by atoms with Gasteiger partial charge in [-0.05, 0) is 17.4 Å². The summed E-state index contributed by atoms with van der Waals surface area (Å²) in [5.41, 5.74) is 1.19. The second kappa shape index (κ2) is 4.39. The van der Waals surface area contributed by atoms with Gasteiger partial charge in [0, 0.05) is 25.3 Å². The molecule has 0 aromatic rings. The molecular formula is C11H19NOS. The summed E-state index contributed by atoms with van der Waals surface area (Å²) in [6, 6.07) is 0. The van der Waals surface area contributed by atoms with Crippen molar-refractivity contribution in [3.8, 4) is 0 Å². The normalized spacial score (nSPS) is 21.1. The molecule has 1 aliphatic rings. The zero-order chi connectivity index (χ0) is 10.8. The molecule has 1 amide bonds. The van der Waals surface area contributed by atoms with Crippen molar-refractivity contribution in [3.63, 3.8) is 0 Å². The van der Waals surface area contributed by atoms with Crippen molar-refractivity contribution in [1.82, 2.24) is 4.90 Å². The van der Waals surface area contributed by atoms with Crippen molar-refractivity contribution >= 4 is 18.5 Å². The van der Waals surface area contributed by atoms with E-state index in [1.54, 1.807) is 0 Å². The molecule has 80 valence electrons. The van der Waals surface area contributed by atoms with E-state index < -0.39 is 0 Å². The first kappa shape index (κ1) is 11.6. The minimum atomic E-state index is 0.176. The summed E-state index contributed by atoms with van der Waals surface area (Å²) in [6.45, 7) is 9.70. The summed E-state index contributed by atoms with van der Waals surface area (Å²) in [5.74, 6) is 0.914. The summed E-state index contributed by atoms with van der Waals surface area (Å²) in [6.07, 6.45) is 1.74. The minimum Gasteiger partial charge on any atom is -0.339 e. The average Bonchev–Trinajstić information content (AvgIpc) is 2.09. The third-order valence-electron chi connectivity index (χ3n) is 2.68. The molecule has 0 spiro atoms. The maximum atomic E-state index is 11.7. The van der Waals surface area contributed by atoms with Gasteiger partial charge in [-0.2, -0.15) is 12.6 Å². The molecule has 0 radical (unpaired) electrons. The molecule has 0 aliphatic carbocycles. The molecule has 1 fully saturated rings.